The summed E-state index contributed by atoms with van der Waals surface area (Å²) in [6.45, 7) is 4.34. The predicted molar refractivity (Wildman–Crippen MR) is 61.7 cm³/mol. The molecule has 0 fully saturated rings. The molecule has 0 saturated heterocycles. The van der Waals surface area contributed by atoms with Gasteiger partial charge in [-0.25, -0.2) is 0 Å². The van der Waals surface area contributed by atoms with E-state index in [0.29, 0.717) is 13.0 Å². The molecule has 2 atom stereocenters. The van der Waals surface area contributed by atoms with Crippen LogP contribution in [0.15, 0.2) is 0 Å². The summed E-state index contributed by atoms with van der Waals surface area (Å²) in [4.78, 5) is 13.7. The van der Waals surface area contributed by atoms with Gasteiger partial charge in [0.15, 0.2) is 0 Å². The van der Waals surface area contributed by atoms with E-state index in [9.17, 15) is 4.79 Å². The second kappa shape index (κ2) is 7.65. The highest BCUT2D eigenvalue weighted by Crippen LogP contribution is 2.03. The van der Waals surface area contributed by atoms with Crippen molar-refractivity contribution in [3.63, 3.8) is 0 Å². The Morgan fingerprint density at radius 2 is 2.00 bits per heavy atom. The average molecular weight is 216 g/mol. The molecule has 0 heterocycles. The summed E-state index contributed by atoms with van der Waals surface area (Å²) < 4.78 is 0. The van der Waals surface area contributed by atoms with Gasteiger partial charge in [0.25, 0.3) is 0 Å². The second-order valence-electron chi connectivity index (χ2n) is 4.20. The third-order valence-electron chi connectivity index (χ3n) is 2.35. The molecular formula is C11H24N2O2. The van der Waals surface area contributed by atoms with Crippen molar-refractivity contribution in [2.24, 2.45) is 0 Å². The Balaban J connectivity index is 3.92. The highest BCUT2D eigenvalue weighted by molar-refractivity contribution is 5.81. The van der Waals surface area contributed by atoms with Crippen molar-refractivity contribution in [3.8, 4) is 0 Å². The first-order chi connectivity index (χ1) is 6.99. The third kappa shape index (κ3) is 6.47. The number of carbonyl (C=O) groups is 1. The van der Waals surface area contributed by atoms with Crippen LogP contribution in [0.5, 0.6) is 0 Å². The summed E-state index contributed by atoms with van der Waals surface area (Å²) in [5.41, 5.74) is 0. The summed E-state index contributed by atoms with van der Waals surface area (Å²) in [7, 11) is 3.82. The molecule has 0 aliphatic rings. The smallest absolute Gasteiger partial charge is 0.237 e. The van der Waals surface area contributed by atoms with Crippen molar-refractivity contribution in [2.45, 2.75) is 45.3 Å². The Morgan fingerprint density at radius 3 is 2.40 bits per heavy atom. The minimum Gasteiger partial charge on any atom is -0.393 e. The van der Waals surface area contributed by atoms with Crippen LogP contribution in [0.3, 0.4) is 0 Å². The Bertz CT molecular complexity index is 181. The zero-order valence-electron chi connectivity index (χ0n) is 10.3. The number of aliphatic hydroxyl groups excluding tert-OH is 1. The number of nitrogens with one attached hydrogen (secondary N) is 1. The van der Waals surface area contributed by atoms with Crippen LogP contribution in [0.4, 0.5) is 0 Å². The molecule has 2 unspecified atom stereocenters. The van der Waals surface area contributed by atoms with Crippen LogP contribution in [0.2, 0.25) is 0 Å². The molecule has 0 aliphatic carbocycles. The van der Waals surface area contributed by atoms with E-state index in [2.05, 4.69) is 12.2 Å². The summed E-state index contributed by atoms with van der Waals surface area (Å²) in [5, 5.41) is 11.9. The normalized spacial score (nSPS) is 15.1. The molecule has 0 aromatic carbocycles. The highest BCUT2D eigenvalue weighted by Gasteiger charge is 2.18. The number of carbonyl (C=O) groups excluding carboxylic acids is 1. The standard InChI is InChI=1S/C11H24N2O2/c1-5-6-10(13(3)4)11(15)12-8-7-9(2)14/h9-10,14H,5-8H2,1-4H3,(H,12,15). The quantitative estimate of drug-likeness (QED) is 0.655. The van der Waals surface area contributed by atoms with Gasteiger partial charge in [-0.05, 0) is 33.9 Å². The lowest BCUT2D eigenvalue weighted by atomic mass is 10.1. The van der Waals surface area contributed by atoms with Crippen LogP contribution in [0.1, 0.15) is 33.1 Å². The molecular weight excluding hydrogens is 192 g/mol. The van der Waals surface area contributed by atoms with Crippen LogP contribution in [0.25, 0.3) is 0 Å². The SMILES string of the molecule is CCCC(C(=O)NCCC(C)O)N(C)C. The highest BCUT2D eigenvalue weighted by atomic mass is 16.3. The number of amides is 1. The molecule has 90 valence electrons. The first-order valence-electron chi connectivity index (χ1n) is 5.61. The van der Waals surface area contributed by atoms with E-state index < -0.39 is 0 Å². The van der Waals surface area contributed by atoms with Crippen molar-refractivity contribution in [2.75, 3.05) is 20.6 Å². The third-order valence-corrected chi connectivity index (χ3v) is 2.35. The minimum atomic E-state index is -0.353. The van der Waals surface area contributed by atoms with Crippen LogP contribution in [0, 0.1) is 0 Å². The molecule has 1 amide bonds. The van der Waals surface area contributed by atoms with Gasteiger partial charge in [0.2, 0.25) is 5.91 Å². The largest absolute Gasteiger partial charge is 0.393 e. The second-order valence-corrected chi connectivity index (χ2v) is 4.20. The Hall–Kier alpha value is -0.610. The van der Waals surface area contributed by atoms with E-state index >= 15 is 0 Å². The molecule has 0 bridgehead atoms. The van der Waals surface area contributed by atoms with E-state index in [-0.39, 0.29) is 18.1 Å². The maximum Gasteiger partial charge on any atom is 0.237 e. The number of aliphatic hydroxyl groups is 1. The summed E-state index contributed by atoms with van der Waals surface area (Å²) >= 11 is 0. The number of hydrogen-bond acceptors (Lipinski definition) is 3. The molecule has 0 aliphatic heterocycles. The molecule has 15 heavy (non-hydrogen) atoms. The van der Waals surface area contributed by atoms with Gasteiger partial charge in [0.1, 0.15) is 0 Å². The van der Waals surface area contributed by atoms with Gasteiger partial charge in [0, 0.05) is 6.54 Å². The fraction of sp³-hybridized carbons (Fsp3) is 0.909. The van der Waals surface area contributed by atoms with Gasteiger partial charge in [-0.2, -0.15) is 0 Å². The average Bonchev–Trinajstić information content (AvgIpc) is 2.12. The first kappa shape index (κ1) is 14.4. The van der Waals surface area contributed by atoms with E-state index in [1.165, 1.54) is 0 Å². The zero-order chi connectivity index (χ0) is 11.8. The molecule has 4 heteroatoms. The van der Waals surface area contributed by atoms with E-state index in [1.807, 2.05) is 19.0 Å². The summed E-state index contributed by atoms with van der Waals surface area (Å²) in [5.74, 6) is 0.0579. The lowest BCUT2D eigenvalue weighted by Gasteiger charge is -2.23. The fourth-order valence-corrected chi connectivity index (χ4v) is 1.42. The molecule has 0 rings (SSSR count). The van der Waals surface area contributed by atoms with Crippen LogP contribution in [-0.2, 0) is 4.79 Å². The van der Waals surface area contributed by atoms with Crippen molar-refractivity contribution in [3.05, 3.63) is 0 Å². The van der Waals surface area contributed by atoms with Gasteiger partial charge in [0.05, 0.1) is 12.1 Å². The number of rotatable bonds is 7. The molecule has 0 radical (unpaired) electrons. The molecule has 2 N–H and O–H groups in total. The van der Waals surface area contributed by atoms with Gasteiger partial charge in [-0.15, -0.1) is 0 Å². The van der Waals surface area contributed by atoms with E-state index in [1.54, 1.807) is 6.92 Å². The summed E-state index contributed by atoms with van der Waals surface area (Å²) in [6.07, 6.45) is 2.12. The van der Waals surface area contributed by atoms with Gasteiger partial charge in [-0.1, -0.05) is 13.3 Å². The van der Waals surface area contributed by atoms with E-state index in [4.69, 9.17) is 5.11 Å². The van der Waals surface area contributed by atoms with Crippen molar-refractivity contribution >= 4 is 5.91 Å². The molecule has 0 aromatic rings. The molecule has 0 spiro atoms. The monoisotopic (exact) mass is 216 g/mol. The maximum atomic E-state index is 11.7. The zero-order valence-corrected chi connectivity index (χ0v) is 10.3. The van der Waals surface area contributed by atoms with Crippen molar-refractivity contribution in [1.82, 2.24) is 10.2 Å². The van der Waals surface area contributed by atoms with Gasteiger partial charge < -0.3 is 10.4 Å². The predicted octanol–water partition coefficient (Wildman–Crippen LogP) is 0.604. The molecule has 0 aromatic heterocycles. The lowest BCUT2D eigenvalue weighted by Crippen LogP contribution is -2.44. The molecule has 4 nitrogen and oxygen atoms in total. The molecule has 0 saturated carbocycles. The Kier molecular flexibility index (Phi) is 7.34. The van der Waals surface area contributed by atoms with Gasteiger partial charge >= 0.3 is 0 Å². The minimum absolute atomic E-state index is 0.0519. The van der Waals surface area contributed by atoms with Crippen LogP contribution < -0.4 is 5.32 Å². The maximum absolute atomic E-state index is 11.7. The van der Waals surface area contributed by atoms with Crippen LogP contribution >= 0.6 is 0 Å². The Morgan fingerprint density at radius 1 is 1.40 bits per heavy atom. The van der Waals surface area contributed by atoms with Crippen molar-refractivity contribution in [1.29, 1.82) is 0 Å². The Labute approximate surface area is 92.7 Å². The van der Waals surface area contributed by atoms with E-state index in [0.717, 1.165) is 12.8 Å². The topological polar surface area (TPSA) is 52.6 Å². The number of nitrogens with zero attached hydrogens (tertiary/aromatic N) is 1. The summed E-state index contributed by atoms with van der Waals surface area (Å²) in [6, 6.07) is -0.0519. The number of likely N-dealkylation sites (N-methyl/N-ethyl adjacent to an activating group) is 1. The number of hydrogen-bond donors (Lipinski definition) is 2. The lowest BCUT2D eigenvalue weighted by molar-refractivity contribution is -0.125. The van der Waals surface area contributed by atoms with Crippen molar-refractivity contribution < 1.29 is 9.90 Å². The van der Waals surface area contributed by atoms with Crippen LogP contribution in [-0.4, -0.2) is 48.7 Å². The van der Waals surface area contributed by atoms with Gasteiger partial charge in [-0.3, -0.25) is 9.69 Å². The fourth-order valence-electron chi connectivity index (χ4n) is 1.42. The first-order valence-corrected chi connectivity index (χ1v) is 5.61.